The standard InChI is InChI=1S/C9H5F3N2O3S/c1-3-13-2-4(18-3)7-14-6(9(10,11)12)5(17-7)8(15)16/h2H,1H3,(H,15,16). The van der Waals surface area contributed by atoms with Crippen LogP contribution in [0, 0.1) is 6.92 Å². The van der Waals surface area contributed by atoms with Gasteiger partial charge in [-0.05, 0) is 6.92 Å². The molecule has 0 bridgehead atoms. The van der Waals surface area contributed by atoms with E-state index in [-0.39, 0.29) is 4.88 Å². The molecule has 0 amide bonds. The molecule has 9 heteroatoms. The fourth-order valence-corrected chi connectivity index (χ4v) is 1.93. The van der Waals surface area contributed by atoms with E-state index < -0.39 is 29.5 Å². The maximum absolute atomic E-state index is 12.5. The summed E-state index contributed by atoms with van der Waals surface area (Å²) in [5.41, 5.74) is -1.55. The molecule has 1 N–H and O–H groups in total. The van der Waals surface area contributed by atoms with Gasteiger partial charge < -0.3 is 9.52 Å². The van der Waals surface area contributed by atoms with Gasteiger partial charge in [0.2, 0.25) is 11.7 Å². The zero-order chi connectivity index (χ0) is 13.5. The molecule has 96 valence electrons. The van der Waals surface area contributed by atoms with Gasteiger partial charge in [0.05, 0.1) is 11.2 Å². The average Bonchev–Trinajstić information content (AvgIpc) is 2.81. The first-order chi connectivity index (χ1) is 8.29. The Hall–Kier alpha value is -1.90. The number of halogens is 3. The number of hydrogen-bond donors (Lipinski definition) is 1. The van der Waals surface area contributed by atoms with Gasteiger partial charge in [-0.2, -0.15) is 13.2 Å². The number of carbonyl (C=O) groups is 1. The van der Waals surface area contributed by atoms with Crippen LogP contribution in [0.1, 0.15) is 21.3 Å². The summed E-state index contributed by atoms with van der Waals surface area (Å²) in [6.07, 6.45) is -3.60. The van der Waals surface area contributed by atoms with Crippen molar-refractivity contribution in [3.63, 3.8) is 0 Å². The lowest BCUT2D eigenvalue weighted by molar-refractivity contribution is -0.141. The Morgan fingerprint density at radius 3 is 2.56 bits per heavy atom. The predicted octanol–water partition coefficient (Wildman–Crippen LogP) is 2.82. The van der Waals surface area contributed by atoms with Gasteiger partial charge in [-0.1, -0.05) is 0 Å². The van der Waals surface area contributed by atoms with Crippen molar-refractivity contribution in [1.82, 2.24) is 9.97 Å². The summed E-state index contributed by atoms with van der Waals surface area (Å²) in [4.78, 5) is 17.9. The van der Waals surface area contributed by atoms with E-state index in [2.05, 4.69) is 14.4 Å². The third-order valence-electron chi connectivity index (χ3n) is 1.92. The van der Waals surface area contributed by atoms with Crippen LogP contribution >= 0.6 is 11.3 Å². The van der Waals surface area contributed by atoms with Gasteiger partial charge in [0.1, 0.15) is 4.88 Å². The molecule has 0 aliphatic heterocycles. The molecule has 0 aliphatic rings. The highest BCUT2D eigenvalue weighted by Crippen LogP contribution is 2.35. The van der Waals surface area contributed by atoms with Crippen molar-refractivity contribution in [2.45, 2.75) is 13.1 Å². The normalized spacial score (nSPS) is 11.8. The topological polar surface area (TPSA) is 76.2 Å². The number of aromatic carboxylic acids is 1. The van der Waals surface area contributed by atoms with Gasteiger partial charge in [0.15, 0.2) is 5.69 Å². The fraction of sp³-hybridized carbons (Fsp3) is 0.222. The summed E-state index contributed by atoms with van der Waals surface area (Å²) >= 11 is 1.06. The Bertz CT molecular complexity index is 602. The second-order valence-corrected chi connectivity index (χ2v) is 4.48. The molecule has 0 aliphatic carbocycles. The van der Waals surface area contributed by atoms with Gasteiger partial charge in [-0.3, -0.25) is 0 Å². The maximum atomic E-state index is 12.5. The molecule has 5 nitrogen and oxygen atoms in total. The fourth-order valence-electron chi connectivity index (χ4n) is 1.22. The first-order valence-electron chi connectivity index (χ1n) is 4.53. The number of carboxylic acid groups (broad SMARTS) is 1. The Morgan fingerprint density at radius 1 is 1.50 bits per heavy atom. The van der Waals surface area contributed by atoms with Crippen molar-refractivity contribution in [3.05, 3.63) is 22.7 Å². The lowest BCUT2D eigenvalue weighted by atomic mass is 10.3. The number of aryl methyl sites for hydroxylation is 1. The number of nitrogens with zero attached hydrogens (tertiary/aromatic N) is 2. The number of carboxylic acids is 1. The van der Waals surface area contributed by atoms with E-state index in [0.717, 1.165) is 11.3 Å². The molecule has 2 rings (SSSR count). The molecule has 0 saturated carbocycles. The highest BCUT2D eigenvalue weighted by Gasteiger charge is 2.41. The summed E-state index contributed by atoms with van der Waals surface area (Å²) in [6.45, 7) is 1.65. The minimum Gasteiger partial charge on any atom is -0.475 e. The van der Waals surface area contributed by atoms with Crippen LogP contribution in [-0.2, 0) is 6.18 Å². The van der Waals surface area contributed by atoms with E-state index in [9.17, 15) is 18.0 Å². The minimum atomic E-state index is -4.88. The minimum absolute atomic E-state index is 0.241. The van der Waals surface area contributed by atoms with Crippen LogP contribution in [0.4, 0.5) is 13.2 Å². The van der Waals surface area contributed by atoms with Crippen LogP contribution < -0.4 is 0 Å². The molecular formula is C9H5F3N2O3S. The Kier molecular flexibility index (Phi) is 2.85. The zero-order valence-corrected chi connectivity index (χ0v) is 9.59. The maximum Gasteiger partial charge on any atom is 0.437 e. The molecule has 18 heavy (non-hydrogen) atoms. The van der Waals surface area contributed by atoms with E-state index in [1.165, 1.54) is 6.20 Å². The average molecular weight is 278 g/mol. The van der Waals surface area contributed by atoms with Crippen LogP contribution in [0.2, 0.25) is 0 Å². The summed E-state index contributed by atoms with van der Waals surface area (Å²) in [5, 5.41) is 9.25. The number of alkyl halides is 3. The Balaban J connectivity index is 2.56. The summed E-state index contributed by atoms with van der Waals surface area (Å²) in [5.74, 6) is -3.43. The van der Waals surface area contributed by atoms with E-state index in [4.69, 9.17) is 5.11 Å². The molecule has 0 unspecified atom stereocenters. The highest BCUT2D eigenvalue weighted by atomic mass is 32.1. The van der Waals surface area contributed by atoms with Crippen LogP contribution in [0.15, 0.2) is 10.6 Å². The molecule has 0 radical (unpaired) electrons. The third kappa shape index (κ3) is 2.21. The molecule has 2 aromatic heterocycles. The molecule has 0 spiro atoms. The van der Waals surface area contributed by atoms with Crippen molar-refractivity contribution in [1.29, 1.82) is 0 Å². The van der Waals surface area contributed by atoms with Crippen LogP contribution in [0.3, 0.4) is 0 Å². The number of aromatic nitrogens is 2. The lowest BCUT2D eigenvalue weighted by Gasteiger charge is -2.00. The quantitative estimate of drug-likeness (QED) is 0.914. The summed E-state index contributed by atoms with van der Waals surface area (Å²) in [7, 11) is 0. The van der Waals surface area contributed by atoms with E-state index in [1.807, 2.05) is 0 Å². The van der Waals surface area contributed by atoms with Gasteiger partial charge in [0.25, 0.3) is 0 Å². The van der Waals surface area contributed by atoms with Crippen LogP contribution in [0.25, 0.3) is 10.8 Å². The molecule has 2 heterocycles. The van der Waals surface area contributed by atoms with Crippen LogP contribution in [-0.4, -0.2) is 21.0 Å². The first-order valence-corrected chi connectivity index (χ1v) is 5.35. The number of thiazole rings is 1. The van der Waals surface area contributed by atoms with Crippen molar-refractivity contribution in [2.75, 3.05) is 0 Å². The third-order valence-corrected chi connectivity index (χ3v) is 2.82. The van der Waals surface area contributed by atoms with Gasteiger partial charge >= 0.3 is 12.1 Å². The molecule has 0 aromatic carbocycles. The molecule has 0 saturated heterocycles. The van der Waals surface area contributed by atoms with Crippen molar-refractivity contribution >= 4 is 17.3 Å². The predicted molar refractivity (Wildman–Crippen MR) is 54.3 cm³/mol. The monoisotopic (exact) mass is 278 g/mol. The smallest absolute Gasteiger partial charge is 0.437 e. The molecule has 2 aromatic rings. The van der Waals surface area contributed by atoms with Crippen molar-refractivity contribution in [2.24, 2.45) is 0 Å². The second-order valence-electron chi connectivity index (χ2n) is 3.24. The van der Waals surface area contributed by atoms with E-state index >= 15 is 0 Å². The lowest BCUT2D eigenvalue weighted by Crippen LogP contribution is -2.11. The Labute approximate surface area is 102 Å². The van der Waals surface area contributed by atoms with Gasteiger partial charge in [-0.25, -0.2) is 14.8 Å². The molecule has 0 fully saturated rings. The van der Waals surface area contributed by atoms with Crippen molar-refractivity contribution in [3.8, 4) is 10.8 Å². The van der Waals surface area contributed by atoms with Crippen LogP contribution in [0.5, 0.6) is 0 Å². The van der Waals surface area contributed by atoms with Crippen molar-refractivity contribution < 1.29 is 27.5 Å². The second kappa shape index (κ2) is 4.09. The molecular weight excluding hydrogens is 273 g/mol. The highest BCUT2D eigenvalue weighted by molar-refractivity contribution is 7.14. The zero-order valence-electron chi connectivity index (χ0n) is 8.78. The van der Waals surface area contributed by atoms with Gasteiger partial charge in [0, 0.05) is 0 Å². The largest absolute Gasteiger partial charge is 0.475 e. The number of hydrogen-bond acceptors (Lipinski definition) is 5. The summed E-state index contributed by atoms with van der Waals surface area (Å²) in [6, 6.07) is 0. The SMILES string of the molecule is Cc1ncc(-c2nc(C(F)(F)F)c(C(=O)O)o2)s1. The summed E-state index contributed by atoms with van der Waals surface area (Å²) < 4.78 is 42.3. The Morgan fingerprint density at radius 2 is 2.17 bits per heavy atom. The molecule has 0 atom stereocenters. The number of oxazole rings is 1. The number of rotatable bonds is 2. The van der Waals surface area contributed by atoms with E-state index in [1.54, 1.807) is 6.92 Å². The van der Waals surface area contributed by atoms with E-state index in [0.29, 0.717) is 5.01 Å². The van der Waals surface area contributed by atoms with Gasteiger partial charge in [-0.15, -0.1) is 11.3 Å². The first kappa shape index (κ1) is 12.6.